The fraction of sp³-hybridized carbons (Fsp3) is 0.143. The van der Waals surface area contributed by atoms with E-state index in [2.05, 4.69) is 10.3 Å². The second-order valence-electron chi connectivity index (χ2n) is 4.02. The lowest BCUT2D eigenvalue weighted by atomic mass is 10.2. The van der Waals surface area contributed by atoms with Crippen LogP contribution >= 0.6 is 0 Å². The van der Waals surface area contributed by atoms with Crippen LogP contribution in [0.15, 0.2) is 42.7 Å². The summed E-state index contributed by atoms with van der Waals surface area (Å²) in [5, 5.41) is 12.0. The average molecular weight is 258 g/mol. The van der Waals surface area contributed by atoms with Crippen molar-refractivity contribution in [3.63, 3.8) is 0 Å². The third-order valence-electron chi connectivity index (χ3n) is 2.49. The van der Waals surface area contributed by atoms with Gasteiger partial charge in [-0.15, -0.1) is 0 Å². The van der Waals surface area contributed by atoms with E-state index in [-0.39, 0.29) is 18.3 Å². The molecule has 19 heavy (non-hydrogen) atoms. The van der Waals surface area contributed by atoms with Gasteiger partial charge in [-0.25, -0.2) is 0 Å². The zero-order valence-electron chi connectivity index (χ0n) is 10.5. The summed E-state index contributed by atoms with van der Waals surface area (Å²) in [6, 6.07) is 8.21. The van der Waals surface area contributed by atoms with Crippen LogP contribution in [0.25, 0.3) is 0 Å². The van der Waals surface area contributed by atoms with Gasteiger partial charge in [0, 0.05) is 11.9 Å². The average Bonchev–Trinajstić information content (AvgIpc) is 2.41. The number of anilines is 1. The van der Waals surface area contributed by atoms with Crippen molar-refractivity contribution < 1.29 is 14.6 Å². The fourth-order valence-electron chi connectivity index (χ4n) is 1.56. The molecule has 0 saturated carbocycles. The smallest absolute Gasteiger partial charge is 0.262 e. The van der Waals surface area contributed by atoms with Gasteiger partial charge < -0.3 is 15.2 Å². The summed E-state index contributed by atoms with van der Waals surface area (Å²) in [6.07, 6.45) is 3.17. The number of hydrogen-bond acceptors (Lipinski definition) is 4. The molecule has 0 aliphatic heterocycles. The Morgan fingerprint density at radius 1 is 1.42 bits per heavy atom. The highest BCUT2D eigenvalue weighted by Crippen LogP contribution is 2.20. The van der Waals surface area contributed by atoms with Crippen molar-refractivity contribution in [3.8, 4) is 11.5 Å². The number of phenols is 1. The molecule has 1 aromatic heterocycles. The van der Waals surface area contributed by atoms with Crippen LogP contribution in [0.3, 0.4) is 0 Å². The van der Waals surface area contributed by atoms with E-state index in [0.29, 0.717) is 11.4 Å². The summed E-state index contributed by atoms with van der Waals surface area (Å²) < 4.78 is 5.28. The molecule has 0 aliphatic carbocycles. The van der Waals surface area contributed by atoms with Crippen molar-refractivity contribution in [3.05, 3.63) is 48.3 Å². The highest BCUT2D eigenvalue weighted by Gasteiger charge is 2.06. The standard InChI is InChI=1S/C14H14N2O3/c1-10-7-11(17)4-5-13(10)16-14(18)9-19-12-3-2-6-15-8-12/h2-8,17H,9H2,1H3,(H,16,18). The number of nitrogens with one attached hydrogen (secondary N) is 1. The summed E-state index contributed by atoms with van der Waals surface area (Å²) in [5.74, 6) is 0.444. The summed E-state index contributed by atoms with van der Waals surface area (Å²) in [6.45, 7) is 1.71. The van der Waals surface area contributed by atoms with Gasteiger partial charge in [0.15, 0.2) is 6.61 Å². The molecule has 2 N–H and O–H groups in total. The lowest BCUT2D eigenvalue weighted by Gasteiger charge is -2.09. The van der Waals surface area contributed by atoms with Gasteiger partial charge in [0.2, 0.25) is 0 Å². The predicted molar refractivity (Wildman–Crippen MR) is 71.2 cm³/mol. The van der Waals surface area contributed by atoms with Crippen molar-refractivity contribution in [2.75, 3.05) is 11.9 Å². The molecule has 5 nitrogen and oxygen atoms in total. The monoisotopic (exact) mass is 258 g/mol. The number of rotatable bonds is 4. The van der Waals surface area contributed by atoms with Crippen LogP contribution in [0.4, 0.5) is 5.69 Å². The molecule has 0 atom stereocenters. The lowest BCUT2D eigenvalue weighted by molar-refractivity contribution is -0.118. The molecule has 0 bridgehead atoms. The second-order valence-corrected chi connectivity index (χ2v) is 4.02. The number of pyridine rings is 1. The van der Waals surface area contributed by atoms with E-state index in [9.17, 15) is 9.90 Å². The van der Waals surface area contributed by atoms with Crippen molar-refractivity contribution in [1.82, 2.24) is 4.98 Å². The number of aromatic hydroxyl groups is 1. The van der Waals surface area contributed by atoms with Crippen LogP contribution in [0, 0.1) is 6.92 Å². The number of nitrogens with zero attached hydrogens (tertiary/aromatic N) is 1. The first-order valence-corrected chi connectivity index (χ1v) is 5.77. The summed E-state index contributed by atoms with van der Waals surface area (Å²) in [4.78, 5) is 15.6. The number of aromatic nitrogens is 1. The van der Waals surface area contributed by atoms with Crippen molar-refractivity contribution in [2.24, 2.45) is 0 Å². The molecule has 1 aromatic carbocycles. The minimum Gasteiger partial charge on any atom is -0.508 e. The quantitative estimate of drug-likeness (QED) is 0.824. The summed E-state index contributed by atoms with van der Waals surface area (Å²) >= 11 is 0. The number of aryl methyl sites for hydroxylation is 1. The molecule has 0 saturated heterocycles. The topological polar surface area (TPSA) is 71.5 Å². The van der Waals surface area contributed by atoms with Gasteiger partial charge in [0.05, 0.1) is 6.20 Å². The van der Waals surface area contributed by atoms with E-state index in [1.807, 2.05) is 0 Å². The molecule has 0 fully saturated rings. The molecule has 0 aliphatic rings. The first kappa shape index (κ1) is 12.9. The van der Waals surface area contributed by atoms with Crippen LogP contribution in [-0.4, -0.2) is 22.6 Å². The fourth-order valence-corrected chi connectivity index (χ4v) is 1.56. The van der Waals surface area contributed by atoms with Crippen LogP contribution in [0.1, 0.15) is 5.56 Å². The van der Waals surface area contributed by atoms with E-state index >= 15 is 0 Å². The van der Waals surface area contributed by atoms with Crippen LogP contribution in [0.5, 0.6) is 11.5 Å². The summed E-state index contributed by atoms with van der Waals surface area (Å²) in [5.41, 5.74) is 1.44. The van der Waals surface area contributed by atoms with Gasteiger partial charge in [-0.3, -0.25) is 9.78 Å². The Labute approximate surface area is 110 Å². The molecular weight excluding hydrogens is 244 g/mol. The zero-order chi connectivity index (χ0) is 13.7. The Morgan fingerprint density at radius 2 is 2.26 bits per heavy atom. The molecule has 0 spiro atoms. The van der Waals surface area contributed by atoms with Gasteiger partial charge in [-0.05, 0) is 42.8 Å². The molecule has 2 aromatic rings. The van der Waals surface area contributed by atoms with E-state index in [4.69, 9.17) is 4.74 Å². The first-order valence-electron chi connectivity index (χ1n) is 5.77. The number of carbonyl (C=O) groups excluding carboxylic acids is 1. The third-order valence-corrected chi connectivity index (χ3v) is 2.49. The van der Waals surface area contributed by atoms with Gasteiger partial charge >= 0.3 is 0 Å². The number of amides is 1. The van der Waals surface area contributed by atoms with E-state index in [0.717, 1.165) is 5.56 Å². The minimum atomic E-state index is -0.266. The minimum absolute atomic E-state index is 0.0913. The predicted octanol–water partition coefficient (Wildman–Crippen LogP) is 2.11. The highest BCUT2D eigenvalue weighted by molar-refractivity contribution is 5.92. The maximum Gasteiger partial charge on any atom is 0.262 e. The third kappa shape index (κ3) is 3.70. The van der Waals surface area contributed by atoms with E-state index < -0.39 is 0 Å². The Hall–Kier alpha value is -2.56. The van der Waals surface area contributed by atoms with Gasteiger partial charge in [-0.2, -0.15) is 0 Å². The van der Waals surface area contributed by atoms with Crippen LogP contribution in [0.2, 0.25) is 0 Å². The van der Waals surface area contributed by atoms with Crippen molar-refractivity contribution >= 4 is 11.6 Å². The maximum atomic E-state index is 11.7. The molecule has 98 valence electrons. The molecule has 0 unspecified atom stereocenters. The van der Waals surface area contributed by atoms with Gasteiger partial charge in [0.1, 0.15) is 11.5 Å². The van der Waals surface area contributed by atoms with Crippen molar-refractivity contribution in [2.45, 2.75) is 6.92 Å². The highest BCUT2D eigenvalue weighted by atomic mass is 16.5. The zero-order valence-corrected chi connectivity index (χ0v) is 10.5. The molecule has 1 heterocycles. The summed E-state index contributed by atoms with van der Waals surface area (Å²) in [7, 11) is 0. The number of hydrogen-bond donors (Lipinski definition) is 2. The first-order chi connectivity index (χ1) is 9.15. The molecular formula is C14H14N2O3. The molecule has 1 amide bonds. The number of ether oxygens (including phenoxy) is 1. The van der Waals surface area contributed by atoms with E-state index in [1.54, 1.807) is 43.6 Å². The van der Waals surface area contributed by atoms with Crippen LogP contribution < -0.4 is 10.1 Å². The molecule has 2 rings (SSSR count). The SMILES string of the molecule is Cc1cc(O)ccc1NC(=O)COc1cccnc1. The Kier molecular flexibility index (Phi) is 3.97. The number of carbonyl (C=O) groups is 1. The Bertz CT molecular complexity index is 570. The lowest BCUT2D eigenvalue weighted by Crippen LogP contribution is -2.20. The number of benzene rings is 1. The molecule has 0 radical (unpaired) electrons. The normalized spacial score (nSPS) is 9.95. The van der Waals surface area contributed by atoms with Gasteiger partial charge in [0.25, 0.3) is 5.91 Å². The Morgan fingerprint density at radius 3 is 2.95 bits per heavy atom. The maximum absolute atomic E-state index is 11.7. The van der Waals surface area contributed by atoms with Crippen LogP contribution in [-0.2, 0) is 4.79 Å². The van der Waals surface area contributed by atoms with Crippen molar-refractivity contribution in [1.29, 1.82) is 0 Å². The number of phenolic OH excluding ortho intramolecular Hbond substituents is 1. The largest absolute Gasteiger partial charge is 0.508 e. The second kappa shape index (κ2) is 5.86. The Balaban J connectivity index is 1.91. The van der Waals surface area contributed by atoms with Gasteiger partial charge in [-0.1, -0.05) is 0 Å². The molecule has 5 heteroatoms. The van der Waals surface area contributed by atoms with E-state index in [1.165, 1.54) is 6.07 Å².